The second kappa shape index (κ2) is 5.99. The van der Waals surface area contributed by atoms with E-state index in [4.69, 9.17) is 14.2 Å². The molecule has 2 aliphatic rings. The van der Waals surface area contributed by atoms with E-state index < -0.39 is 11.9 Å². The maximum Gasteiger partial charge on any atom is 0.306 e. The summed E-state index contributed by atoms with van der Waals surface area (Å²) in [5.74, 6) is -1.04. The Morgan fingerprint density at radius 2 is 1.95 bits per heavy atom. The zero-order valence-corrected chi connectivity index (χ0v) is 12.9. The second-order valence-corrected chi connectivity index (χ2v) is 6.48. The van der Waals surface area contributed by atoms with Gasteiger partial charge in [-0.1, -0.05) is 30.3 Å². The third-order valence-corrected chi connectivity index (χ3v) is 4.22. The first kappa shape index (κ1) is 15.5. The highest BCUT2D eigenvalue weighted by atomic mass is 16.8. The Hall–Kier alpha value is -1.43. The molecule has 5 heteroatoms. The van der Waals surface area contributed by atoms with E-state index in [1.807, 2.05) is 44.2 Å². The van der Waals surface area contributed by atoms with Crippen LogP contribution in [0.1, 0.15) is 32.3 Å². The van der Waals surface area contributed by atoms with Crippen molar-refractivity contribution in [2.24, 2.45) is 5.92 Å². The molecule has 2 fully saturated rings. The van der Waals surface area contributed by atoms with Crippen molar-refractivity contribution in [1.29, 1.82) is 0 Å². The van der Waals surface area contributed by atoms with Gasteiger partial charge >= 0.3 is 5.97 Å². The molecule has 0 unspecified atom stereocenters. The molecule has 0 amide bonds. The topological polar surface area (TPSA) is 65.0 Å². The number of fused-ring (bicyclic) bond motifs is 1. The third kappa shape index (κ3) is 3.32. The van der Waals surface area contributed by atoms with E-state index in [0.29, 0.717) is 6.42 Å². The smallest absolute Gasteiger partial charge is 0.306 e. The molecule has 120 valence electrons. The van der Waals surface area contributed by atoms with Crippen LogP contribution in [0.25, 0.3) is 0 Å². The highest BCUT2D eigenvalue weighted by Gasteiger charge is 2.53. The Kier molecular flexibility index (Phi) is 4.21. The van der Waals surface area contributed by atoms with Crippen molar-refractivity contribution in [3.05, 3.63) is 35.9 Å². The molecule has 1 heterocycles. The molecule has 22 heavy (non-hydrogen) atoms. The molecule has 1 saturated heterocycles. The van der Waals surface area contributed by atoms with Gasteiger partial charge in [0, 0.05) is 5.92 Å². The number of rotatable bonds is 4. The van der Waals surface area contributed by atoms with Crippen molar-refractivity contribution >= 4 is 5.97 Å². The van der Waals surface area contributed by atoms with Gasteiger partial charge in [-0.15, -0.1) is 0 Å². The maximum atomic E-state index is 12.0. The van der Waals surface area contributed by atoms with Crippen molar-refractivity contribution < 1.29 is 24.1 Å². The SMILES string of the molecule is CC1(C)O[C@H]2[C@H](CC(=O)OCc3ccccc3)C[C@H](O)[C@H]2O1. The molecule has 0 aromatic heterocycles. The fourth-order valence-electron chi connectivity index (χ4n) is 3.27. The van der Waals surface area contributed by atoms with E-state index >= 15 is 0 Å². The van der Waals surface area contributed by atoms with Crippen LogP contribution in [0.3, 0.4) is 0 Å². The molecule has 4 atom stereocenters. The summed E-state index contributed by atoms with van der Waals surface area (Å²) in [6.45, 7) is 3.91. The highest BCUT2D eigenvalue weighted by Crippen LogP contribution is 2.42. The molecule has 0 spiro atoms. The minimum atomic E-state index is -0.705. The van der Waals surface area contributed by atoms with Crippen LogP contribution in [0.2, 0.25) is 0 Å². The van der Waals surface area contributed by atoms with Crippen LogP contribution < -0.4 is 0 Å². The average molecular weight is 306 g/mol. The van der Waals surface area contributed by atoms with E-state index in [1.54, 1.807) is 0 Å². The number of ether oxygens (including phenoxy) is 3. The van der Waals surface area contributed by atoms with E-state index in [2.05, 4.69) is 0 Å². The number of benzene rings is 1. The van der Waals surface area contributed by atoms with Gasteiger partial charge in [0.2, 0.25) is 0 Å². The van der Waals surface area contributed by atoms with Gasteiger partial charge in [-0.2, -0.15) is 0 Å². The van der Waals surface area contributed by atoms with Gasteiger partial charge in [0.1, 0.15) is 12.7 Å². The van der Waals surface area contributed by atoms with Gasteiger partial charge in [-0.3, -0.25) is 4.79 Å². The zero-order valence-electron chi connectivity index (χ0n) is 12.9. The third-order valence-electron chi connectivity index (χ3n) is 4.22. The Morgan fingerprint density at radius 3 is 2.68 bits per heavy atom. The molecule has 1 aliphatic heterocycles. The van der Waals surface area contributed by atoms with Crippen molar-refractivity contribution in [2.75, 3.05) is 0 Å². The maximum absolute atomic E-state index is 12.0. The Labute approximate surface area is 130 Å². The molecule has 0 radical (unpaired) electrons. The van der Waals surface area contributed by atoms with Gasteiger partial charge in [-0.25, -0.2) is 0 Å². The van der Waals surface area contributed by atoms with Crippen LogP contribution in [0, 0.1) is 5.92 Å². The molecule has 1 saturated carbocycles. The Bertz CT molecular complexity index is 527. The molecule has 5 nitrogen and oxygen atoms in total. The largest absolute Gasteiger partial charge is 0.461 e. The van der Waals surface area contributed by atoms with E-state index in [-0.39, 0.29) is 37.1 Å². The first-order valence-corrected chi connectivity index (χ1v) is 7.68. The number of carbonyl (C=O) groups excluding carboxylic acids is 1. The van der Waals surface area contributed by atoms with Gasteiger partial charge in [0.25, 0.3) is 0 Å². The fourth-order valence-corrected chi connectivity index (χ4v) is 3.27. The molecular weight excluding hydrogens is 284 g/mol. The molecule has 1 aliphatic carbocycles. The summed E-state index contributed by atoms with van der Waals surface area (Å²) < 4.78 is 16.8. The summed E-state index contributed by atoms with van der Waals surface area (Å²) in [7, 11) is 0. The average Bonchev–Trinajstić information content (AvgIpc) is 2.93. The van der Waals surface area contributed by atoms with Gasteiger partial charge in [0.05, 0.1) is 18.6 Å². The Morgan fingerprint density at radius 1 is 1.27 bits per heavy atom. The quantitative estimate of drug-likeness (QED) is 0.862. The van der Waals surface area contributed by atoms with Crippen LogP contribution in [-0.2, 0) is 25.6 Å². The summed E-state index contributed by atoms with van der Waals surface area (Å²) >= 11 is 0. The van der Waals surface area contributed by atoms with Crippen molar-refractivity contribution in [1.82, 2.24) is 0 Å². The number of esters is 1. The number of hydrogen-bond acceptors (Lipinski definition) is 5. The fraction of sp³-hybridized carbons (Fsp3) is 0.588. The van der Waals surface area contributed by atoms with Crippen molar-refractivity contribution in [3.8, 4) is 0 Å². The number of hydrogen-bond donors (Lipinski definition) is 1. The molecule has 0 bridgehead atoms. The number of aliphatic hydroxyl groups excluding tert-OH is 1. The lowest BCUT2D eigenvalue weighted by molar-refractivity contribution is -0.169. The predicted molar refractivity (Wildman–Crippen MR) is 78.8 cm³/mol. The summed E-state index contributed by atoms with van der Waals surface area (Å²) in [5, 5.41) is 10.1. The van der Waals surface area contributed by atoms with Crippen LogP contribution >= 0.6 is 0 Å². The summed E-state index contributed by atoms with van der Waals surface area (Å²) in [6, 6.07) is 9.57. The minimum absolute atomic E-state index is 0.0648. The van der Waals surface area contributed by atoms with Crippen LogP contribution in [-0.4, -0.2) is 35.2 Å². The lowest BCUT2D eigenvalue weighted by Crippen LogP contribution is -2.28. The van der Waals surface area contributed by atoms with Gasteiger partial charge in [-0.05, 0) is 25.8 Å². The van der Waals surface area contributed by atoms with Crippen molar-refractivity contribution in [2.45, 2.75) is 57.4 Å². The predicted octanol–water partition coefficient (Wildman–Crippen LogP) is 2.02. The Balaban J connectivity index is 1.53. The number of carbonyl (C=O) groups is 1. The first-order chi connectivity index (χ1) is 10.4. The standard InChI is InChI=1S/C17H22O5/c1-17(2)21-15-12(8-13(18)16(15)22-17)9-14(19)20-10-11-6-4-3-5-7-11/h3-7,12-13,15-16,18H,8-10H2,1-2H3/t12-,13-,15-,16+/m0/s1. The summed E-state index contributed by atoms with van der Waals surface area (Å²) in [5.41, 5.74) is 0.960. The molecular formula is C17H22O5. The van der Waals surface area contributed by atoms with Crippen LogP contribution in [0.5, 0.6) is 0 Å². The second-order valence-electron chi connectivity index (χ2n) is 6.48. The van der Waals surface area contributed by atoms with Gasteiger partial charge in [0.15, 0.2) is 5.79 Å². The van der Waals surface area contributed by atoms with Gasteiger partial charge < -0.3 is 19.3 Å². The highest BCUT2D eigenvalue weighted by molar-refractivity contribution is 5.69. The summed E-state index contributed by atoms with van der Waals surface area (Å²) in [6.07, 6.45) is -0.425. The van der Waals surface area contributed by atoms with Crippen LogP contribution in [0.15, 0.2) is 30.3 Å². The molecule has 1 aromatic carbocycles. The normalized spacial score (nSPS) is 32.7. The summed E-state index contributed by atoms with van der Waals surface area (Å²) in [4.78, 5) is 12.0. The lowest BCUT2D eigenvalue weighted by Gasteiger charge is -2.21. The molecule has 1 aromatic rings. The monoisotopic (exact) mass is 306 g/mol. The number of aliphatic hydroxyl groups is 1. The van der Waals surface area contributed by atoms with E-state index in [1.165, 1.54) is 0 Å². The lowest BCUT2D eigenvalue weighted by atomic mass is 10.0. The van der Waals surface area contributed by atoms with E-state index in [9.17, 15) is 9.90 Å². The first-order valence-electron chi connectivity index (χ1n) is 7.68. The molecule has 3 rings (SSSR count). The minimum Gasteiger partial charge on any atom is -0.461 e. The molecule has 1 N–H and O–H groups in total. The van der Waals surface area contributed by atoms with E-state index in [0.717, 1.165) is 5.56 Å². The zero-order chi connectivity index (χ0) is 15.7. The van der Waals surface area contributed by atoms with Crippen LogP contribution in [0.4, 0.5) is 0 Å². The van der Waals surface area contributed by atoms with Crippen molar-refractivity contribution in [3.63, 3.8) is 0 Å².